The van der Waals surface area contributed by atoms with Gasteiger partial charge in [0.2, 0.25) is 0 Å². The molecule has 0 saturated heterocycles. The van der Waals surface area contributed by atoms with Crippen LogP contribution in [-0.4, -0.2) is 24.6 Å². The molecule has 0 radical (unpaired) electrons. The van der Waals surface area contributed by atoms with Crippen LogP contribution in [0.4, 0.5) is 4.39 Å². The highest BCUT2D eigenvalue weighted by molar-refractivity contribution is 7.90. The Morgan fingerprint density at radius 3 is 2.12 bits per heavy atom. The third-order valence-corrected chi connectivity index (χ3v) is 5.58. The Bertz CT molecular complexity index is 831. The molecule has 4 nitrogen and oxygen atoms in total. The van der Waals surface area contributed by atoms with Crippen LogP contribution >= 0.6 is 0 Å². The van der Waals surface area contributed by atoms with Crippen LogP contribution in [0.15, 0.2) is 24.3 Å². The Morgan fingerprint density at radius 1 is 1.08 bits per heavy atom. The molecule has 0 bridgehead atoms. The predicted octanol–water partition coefficient (Wildman–Crippen LogP) is 4.07. The Labute approximate surface area is 143 Å². The van der Waals surface area contributed by atoms with Gasteiger partial charge < -0.3 is 0 Å². The minimum absolute atomic E-state index is 0.132. The number of halogens is 1. The van der Waals surface area contributed by atoms with E-state index in [0.717, 1.165) is 16.8 Å². The molecule has 1 heterocycles. The first-order valence-corrected chi connectivity index (χ1v) is 9.96. The highest BCUT2D eigenvalue weighted by Crippen LogP contribution is 2.31. The number of hydrogen-bond donors (Lipinski definition) is 0. The average Bonchev–Trinajstić information content (AvgIpc) is 2.52. The zero-order valence-corrected chi connectivity index (χ0v) is 15.5. The van der Waals surface area contributed by atoms with E-state index in [-0.39, 0.29) is 17.6 Å². The van der Waals surface area contributed by atoms with E-state index in [1.165, 1.54) is 18.4 Å². The summed E-state index contributed by atoms with van der Waals surface area (Å²) in [5.41, 5.74) is 3.26. The molecule has 0 aliphatic heterocycles. The minimum Gasteiger partial charge on any atom is -0.236 e. The number of sulfone groups is 1. The van der Waals surface area contributed by atoms with Gasteiger partial charge in [0.25, 0.3) is 0 Å². The lowest BCUT2D eigenvalue weighted by molar-refractivity contribution is 0.588. The third-order valence-electron chi connectivity index (χ3n) is 4.08. The molecule has 0 aliphatic rings. The van der Waals surface area contributed by atoms with E-state index in [1.807, 2.05) is 20.8 Å². The minimum atomic E-state index is -3.31. The molecule has 1 unspecified atom stereocenters. The molecule has 0 amide bonds. The fourth-order valence-electron chi connectivity index (χ4n) is 2.57. The standard InChI is InChI=1S/C18H23FN2O2S/c1-6-15-16(11(2)3)20-18(12(4)24(5,22)23)21-17(15)13-7-9-14(19)10-8-13/h7-12H,6H2,1-5H3. The van der Waals surface area contributed by atoms with Crippen molar-refractivity contribution >= 4 is 9.84 Å². The number of hydrogen-bond acceptors (Lipinski definition) is 4. The van der Waals surface area contributed by atoms with E-state index >= 15 is 0 Å². The van der Waals surface area contributed by atoms with E-state index < -0.39 is 15.1 Å². The van der Waals surface area contributed by atoms with E-state index in [0.29, 0.717) is 12.1 Å². The summed E-state index contributed by atoms with van der Waals surface area (Å²) < 4.78 is 37.1. The van der Waals surface area contributed by atoms with Crippen LogP contribution in [0.3, 0.4) is 0 Å². The zero-order valence-electron chi connectivity index (χ0n) is 14.7. The molecule has 2 aromatic rings. The van der Waals surface area contributed by atoms with Crippen molar-refractivity contribution in [3.63, 3.8) is 0 Å². The maximum atomic E-state index is 13.2. The summed E-state index contributed by atoms with van der Waals surface area (Å²) in [5.74, 6) is 0.102. The molecule has 0 N–H and O–H groups in total. The second kappa shape index (κ2) is 6.97. The summed E-state index contributed by atoms with van der Waals surface area (Å²) in [6.07, 6.45) is 1.90. The molecule has 0 fully saturated rings. The monoisotopic (exact) mass is 350 g/mol. The SMILES string of the molecule is CCc1c(-c2ccc(F)cc2)nc(C(C)S(C)(=O)=O)nc1C(C)C. The van der Waals surface area contributed by atoms with Gasteiger partial charge in [-0.05, 0) is 43.5 Å². The summed E-state index contributed by atoms with van der Waals surface area (Å²) in [5, 5.41) is -0.792. The molecule has 2 rings (SSSR count). The van der Waals surface area contributed by atoms with Gasteiger partial charge in [0.05, 0.1) is 11.4 Å². The molecule has 24 heavy (non-hydrogen) atoms. The van der Waals surface area contributed by atoms with E-state index in [1.54, 1.807) is 19.1 Å². The largest absolute Gasteiger partial charge is 0.236 e. The van der Waals surface area contributed by atoms with Gasteiger partial charge in [0.1, 0.15) is 16.9 Å². The molecule has 1 atom stereocenters. The van der Waals surface area contributed by atoms with Crippen molar-refractivity contribution in [2.45, 2.75) is 45.3 Å². The van der Waals surface area contributed by atoms with Crippen molar-refractivity contribution in [3.8, 4) is 11.3 Å². The molecule has 6 heteroatoms. The maximum Gasteiger partial charge on any atom is 0.157 e. The van der Waals surface area contributed by atoms with Gasteiger partial charge in [-0.25, -0.2) is 22.8 Å². The fourth-order valence-corrected chi connectivity index (χ4v) is 3.05. The van der Waals surface area contributed by atoms with Gasteiger partial charge in [-0.2, -0.15) is 0 Å². The summed E-state index contributed by atoms with van der Waals surface area (Å²) in [6, 6.07) is 6.09. The summed E-state index contributed by atoms with van der Waals surface area (Å²) in [7, 11) is -3.31. The first-order chi connectivity index (χ1) is 11.1. The summed E-state index contributed by atoms with van der Waals surface area (Å²) in [4.78, 5) is 9.09. The van der Waals surface area contributed by atoms with Crippen LogP contribution < -0.4 is 0 Å². The smallest absolute Gasteiger partial charge is 0.157 e. The van der Waals surface area contributed by atoms with Gasteiger partial charge in [0.15, 0.2) is 9.84 Å². The van der Waals surface area contributed by atoms with Crippen LogP contribution in [0.25, 0.3) is 11.3 Å². The molecule has 1 aromatic carbocycles. The molecule has 0 aliphatic carbocycles. The highest BCUT2D eigenvalue weighted by atomic mass is 32.2. The molecular weight excluding hydrogens is 327 g/mol. The van der Waals surface area contributed by atoms with Gasteiger partial charge in [-0.15, -0.1) is 0 Å². The van der Waals surface area contributed by atoms with Crippen LogP contribution in [0.5, 0.6) is 0 Å². The number of rotatable bonds is 5. The second-order valence-electron chi connectivity index (χ2n) is 6.28. The number of nitrogens with zero attached hydrogens (tertiary/aromatic N) is 2. The van der Waals surface area contributed by atoms with Crippen LogP contribution in [0.1, 0.15) is 55.9 Å². The Morgan fingerprint density at radius 2 is 1.67 bits per heavy atom. The first kappa shape index (κ1) is 18.5. The summed E-state index contributed by atoms with van der Waals surface area (Å²) in [6.45, 7) is 7.64. The first-order valence-electron chi connectivity index (χ1n) is 8.00. The summed E-state index contributed by atoms with van der Waals surface area (Å²) >= 11 is 0. The van der Waals surface area contributed by atoms with E-state index in [4.69, 9.17) is 0 Å². The van der Waals surface area contributed by atoms with E-state index in [9.17, 15) is 12.8 Å². The average molecular weight is 350 g/mol. The molecular formula is C18H23FN2O2S. The Kier molecular flexibility index (Phi) is 5.38. The lowest BCUT2D eigenvalue weighted by atomic mass is 9.96. The van der Waals surface area contributed by atoms with Crippen LogP contribution in [0, 0.1) is 5.82 Å². The van der Waals surface area contributed by atoms with Crippen molar-refractivity contribution in [1.29, 1.82) is 0 Å². The van der Waals surface area contributed by atoms with Crippen LogP contribution in [-0.2, 0) is 16.3 Å². The van der Waals surface area contributed by atoms with E-state index in [2.05, 4.69) is 9.97 Å². The lowest BCUT2D eigenvalue weighted by Crippen LogP contribution is -2.15. The highest BCUT2D eigenvalue weighted by Gasteiger charge is 2.24. The lowest BCUT2D eigenvalue weighted by Gasteiger charge is -2.19. The predicted molar refractivity (Wildman–Crippen MR) is 94.2 cm³/mol. The fraction of sp³-hybridized carbons (Fsp3) is 0.444. The van der Waals surface area contributed by atoms with Crippen molar-refractivity contribution in [2.24, 2.45) is 0 Å². The number of benzene rings is 1. The molecule has 1 aromatic heterocycles. The Balaban J connectivity index is 2.76. The van der Waals surface area contributed by atoms with Crippen molar-refractivity contribution in [1.82, 2.24) is 9.97 Å². The van der Waals surface area contributed by atoms with Crippen LogP contribution in [0.2, 0.25) is 0 Å². The van der Waals surface area contributed by atoms with Gasteiger partial charge in [0, 0.05) is 17.4 Å². The zero-order chi connectivity index (χ0) is 18.1. The Hall–Kier alpha value is -1.82. The number of aromatic nitrogens is 2. The van der Waals surface area contributed by atoms with Gasteiger partial charge >= 0.3 is 0 Å². The van der Waals surface area contributed by atoms with Gasteiger partial charge in [-0.1, -0.05) is 20.8 Å². The molecule has 130 valence electrons. The van der Waals surface area contributed by atoms with Crippen molar-refractivity contribution in [3.05, 3.63) is 47.2 Å². The molecule has 0 saturated carbocycles. The normalized spacial score (nSPS) is 13.3. The third kappa shape index (κ3) is 3.80. The quantitative estimate of drug-likeness (QED) is 0.815. The second-order valence-corrected chi connectivity index (χ2v) is 8.65. The molecule has 0 spiro atoms. The topological polar surface area (TPSA) is 59.9 Å². The van der Waals surface area contributed by atoms with Gasteiger partial charge in [-0.3, -0.25) is 0 Å². The van der Waals surface area contributed by atoms with Crippen molar-refractivity contribution < 1.29 is 12.8 Å². The van der Waals surface area contributed by atoms with Crippen molar-refractivity contribution in [2.75, 3.05) is 6.26 Å². The maximum absolute atomic E-state index is 13.2.